The summed E-state index contributed by atoms with van der Waals surface area (Å²) in [6.45, 7) is 3.30. The largest absolute Gasteiger partial charge is 0.393 e. The van der Waals surface area contributed by atoms with Crippen LogP contribution in [0.1, 0.15) is 18.5 Å². The van der Waals surface area contributed by atoms with Crippen molar-refractivity contribution in [3.8, 4) is 0 Å². The quantitative estimate of drug-likeness (QED) is 0.677. The van der Waals surface area contributed by atoms with Gasteiger partial charge in [-0.3, -0.25) is 0 Å². The minimum atomic E-state index is 0.107. The molecule has 0 saturated heterocycles. The zero-order chi connectivity index (χ0) is 15.1. The van der Waals surface area contributed by atoms with Crippen LogP contribution in [0, 0.1) is 0 Å². The summed E-state index contributed by atoms with van der Waals surface area (Å²) in [5, 5.41) is 6.44. The predicted octanol–water partition coefficient (Wildman–Crippen LogP) is 2.29. The third-order valence-corrected chi connectivity index (χ3v) is 3.14. The second kappa shape index (κ2) is 7.44. The number of anilines is 3. The second-order valence-electron chi connectivity index (χ2n) is 4.68. The number of nitrogens with zero attached hydrogens (tertiary/aromatic N) is 2. The first-order valence-electron chi connectivity index (χ1n) is 6.87. The SMILES string of the molecule is COCCNc1ncnc(NC(C)c2ccccc2)c1N. The van der Waals surface area contributed by atoms with Crippen molar-refractivity contribution in [3.63, 3.8) is 0 Å². The van der Waals surface area contributed by atoms with Gasteiger partial charge in [0.05, 0.1) is 12.6 Å². The molecule has 0 spiro atoms. The number of methoxy groups -OCH3 is 1. The van der Waals surface area contributed by atoms with E-state index >= 15 is 0 Å². The minimum Gasteiger partial charge on any atom is -0.393 e. The van der Waals surface area contributed by atoms with Crippen LogP contribution in [0.3, 0.4) is 0 Å². The van der Waals surface area contributed by atoms with Gasteiger partial charge < -0.3 is 21.1 Å². The molecule has 2 rings (SSSR count). The van der Waals surface area contributed by atoms with Crippen LogP contribution >= 0.6 is 0 Å². The number of rotatable bonds is 7. The van der Waals surface area contributed by atoms with E-state index < -0.39 is 0 Å². The van der Waals surface area contributed by atoms with Gasteiger partial charge in [-0.05, 0) is 12.5 Å². The molecule has 0 radical (unpaired) electrons. The summed E-state index contributed by atoms with van der Waals surface area (Å²) in [4.78, 5) is 8.36. The molecule has 0 fully saturated rings. The molecular weight excluding hydrogens is 266 g/mol. The Hall–Kier alpha value is -2.34. The number of ether oxygens (including phenoxy) is 1. The van der Waals surface area contributed by atoms with Crippen molar-refractivity contribution in [3.05, 3.63) is 42.2 Å². The number of nitrogen functional groups attached to an aromatic ring is 1. The third kappa shape index (κ3) is 4.06. The smallest absolute Gasteiger partial charge is 0.155 e. The Morgan fingerprint density at radius 1 is 1.19 bits per heavy atom. The first-order chi connectivity index (χ1) is 10.2. The second-order valence-corrected chi connectivity index (χ2v) is 4.68. The van der Waals surface area contributed by atoms with E-state index in [0.717, 1.165) is 0 Å². The molecule has 1 aromatic heterocycles. The summed E-state index contributed by atoms with van der Waals surface area (Å²) in [5.41, 5.74) is 7.78. The lowest BCUT2D eigenvalue weighted by molar-refractivity contribution is 0.210. The molecule has 1 atom stereocenters. The molecule has 0 bridgehead atoms. The minimum absolute atomic E-state index is 0.107. The van der Waals surface area contributed by atoms with Gasteiger partial charge in [-0.15, -0.1) is 0 Å². The van der Waals surface area contributed by atoms with Crippen LogP contribution in [0.5, 0.6) is 0 Å². The van der Waals surface area contributed by atoms with Gasteiger partial charge in [-0.2, -0.15) is 0 Å². The van der Waals surface area contributed by atoms with E-state index in [0.29, 0.717) is 30.5 Å². The molecule has 6 nitrogen and oxygen atoms in total. The maximum Gasteiger partial charge on any atom is 0.155 e. The van der Waals surface area contributed by atoms with Crippen molar-refractivity contribution >= 4 is 17.3 Å². The maximum absolute atomic E-state index is 6.10. The number of nitrogens with two attached hydrogens (primary N) is 1. The fourth-order valence-corrected chi connectivity index (χ4v) is 1.95. The highest BCUT2D eigenvalue weighted by Gasteiger charge is 2.11. The molecule has 4 N–H and O–H groups in total. The average molecular weight is 287 g/mol. The van der Waals surface area contributed by atoms with Gasteiger partial charge >= 0.3 is 0 Å². The van der Waals surface area contributed by atoms with Crippen LogP contribution in [0.4, 0.5) is 17.3 Å². The van der Waals surface area contributed by atoms with E-state index in [1.807, 2.05) is 18.2 Å². The fourth-order valence-electron chi connectivity index (χ4n) is 1.95. The Balaban J connectivity index is 2.08. The average Bonchev–Trinajstić information content (AvgIpc) is 2.52. The van der Waals surface area contributed by atoms with Crippen molar-refractivity contribution in [1.82, 2.24) is 9.97 Å². The van der Waals surface area contributed by atoms with Crippen LogP contribution in [0.15, 0.2) is 36.7 Å². The van der Waals surface area contributed by atoms with Crippen LogP contribution in [-0.2, 0) is 4.74 Å². The maximum atomic E-state index is 6.10. The molecular formula is C15H21N5O. The summed E-state index contributed by atoms with van der Waals surface area (Å²) >= 11 is 0. The van der Waals surface area contributed by atoms with Crippen LogP contribution in [0.25, 0.3) is 0 Å². The van der Waals surface area contributed by atoms with E-state index in [1.54, 1.807) is 7.11 Å². The third-order valence-electron chi connectivity index (χ3n) is 3.14. The molecule has 1 aromatic carbocycles. The summed E-state index contributed by atoms with van der Waals surface area (Å²) in [6.07, 6.45) is 1.49. The molecule has 21 heavy (non-hydrogen) atoms. The lowest BCUT2D eigenvalue weighted by Gasteiger charge is -2.17. The molecule has 0 aliphatic carbocycles. The number of hydrogen-bond donors (Lipinski definition) is 3. The number of benzene rings is 1. The van der Waals surface area contributed by atoms with Gasteiger partial charge in [0.15, 0.2) is 11.6 Å². The highest BCUT2D eigenvalue weighted by molar-refractivity contribution is 5.74. The van der Waals surface area contributed by atoms with Crippen LogP contribution < -0.4 is 16.4 Å². The standard InChI is InChI=1S/C15H21N5O/c1-11(12-6-4-3-5-7-12)20-15-13(16)14(18-10-19-15)17-8-9-21-2/h3-7,10-11H,8-9,16H2,1-2H3,(H2,17,18,19,20). The summed E-state index contributed by atoms with van der Waals surface area (Å²) < 4.78 is 4.99. The molecule has 6 heteroatoms. The van der Waals surface area contributed by atoms with Gasteiger partial charge in [0, 0.05) is 13.7 Å². The number of aromatic nitrogens is 2. The first-order valence-corrected chi connectivity index (χ1v) is 6.87. The lowest BCUT2D eigenvalue weighted by Crippen LogP contribution is -2.14. The van der Waals surface area contributed by atoms with E-state index in [1.165, 1.54) is 11.9 Å². The van der Waals surface area contributed by atoms with Crippen LogP contribution in [0.2, 0.25) is 0 Å². The Bertz CT molecular complexity index is 561. The topological polar surface area (TPSA) is 85.1 Å². The van der Waals surface area contributed by atoms with Gasteiger partial charge in [0.25, 0.3) is 0 Å². The van der Waals surface area contributed by atoms with E-state index in [2.05, 4.69) is 39.7 Å². The van der Waals surface area contributed by atoms with Crippen molar-refractivity contribution in [2.24, 2.45) is 0 Å². The molecule has 1 unspecified atom stereocenters. The van der Waals surface area contributed by atoms with E-state index in [-0.39, 0.29) is 6.04 Å². The molecule has 112 valence electrons. The lowest BCUT2D eigenvalue weighted by atomic mass is 10.1. The van der Waals surface area contributed by atoms with E-state index in [9.17, 15) is 0 Å². The summed E-state index contributed by atoms with van der Waals surface area (Å²) in [5.74, 6) is 1.24. The molecule has 0 aliphatic heterocycles. The normalized spacial score (nSPS) is 11.9. The highest BCUT2D eigenvalue weighted by Crippen LogP contribution is 2.26. The Labute approximate surface area is 124 Å². The molecule has 0 amide bonds. The van der Waals surface area contributed by atoms with Crippen molar-refractivity contribution in [1.29, 1.82) is 0 Å². The molecule has 0 saturated carbocycles. The zero-order valence-electron chi connectivity index (χ0n) is 12.3. The zero-order valence-corrected chi connectivity index (χ0v) is 12.3. The van der Waals surface area contributed by atoms with Crippen molar-refractivity contribution in [2.45, 2.75) is 13.0 Å². The van der Waals surface area contributed by atoms with Gasteiger partial charge in [-0.1, -0.05) is 30.3 Å². The Morgan fingerprint density at radius 3 is 2.62 bits per heavy atom. The highest BCUT2D eigenvalue weighted by atomic mass is 16.5. The van der Waals surface area contributed by atoms with Crippen molar-refractivity contribution in [2.75, 3.05) is 36.6 Å². The summed E-state index contributed by atoms with van der Waals surface area (Å²) in [6, 6.07) is 10.2. The van der Waals surface area contributed by atoms with Gasteiger partial charge in [0.1, 0.15) is 12.0 Å². The molecule has 2 aromatic rings. The van der Waals surface area contributed by atoms with Crippen LogP contribution in [-0.4, -0.2) is 30.2 Å². The van der Waals surface area contributed by atoms with Gasteiger partial charge in [-0.25, -0.2) is 9.97 Å². The van der Waals surface area contributed by atoms with Gasteiger partial charge in [0.2, 0.25) is 0 Å². The van der Waals surface area contributed by atoms with Crippen molar-refractivity contribution < 1.29 is 4.74 Å². The predicted molar refractivity (Wildman–Crippen MR) is 85.3 cm³/mol. The summed E-state index contributed by atoms with van der Waals surface area (Å²) in [7, 11) is 1.65. The number of nitrogens with one attached hydrogen (secondary N) is 2. The number of hydrogen-bond acceptors (Lipinski definition) is 6. The monoisotopic (exact) mass is 287 g/mol. The Kier molecular flexibility index (Phi) is 5.34. The molecule has 1 heterocycles. The molecule has 0 aliphatic rings. The van der Waals surface area contributed by atoms with E-state index in [4.69, 9.17) is 10.5 Å². The Morgan fingerprint density at radius 2 is 1.90 bits per heavy atom. The fraction of sp³-hybridized carbons (Fsp3) is 0.333. The first kappa shape index (κ1) is 15.1.